The predicted octanol–water partition coefficient (Wildman–Crippen LogP) is 4.73. The van der Waals surface area contributed by atoms with Crippen LogP contribution in [-0.2, 0) is 5.41 Å². The van der Waals surface area contributed by atoms with E-state index in [-0.39, 0.29) is 5.41 Å². The molecule has 3 nitrogen and oxygen atoms in total. The van der Waals surface area contributed by atoms with Crippen molar-refractivity contribution in [3.8, 4) is 0 Å². The fourth-order valence-electron chi connectivity index (χ4n) is 1.58. The highest BCUT2D eigenvalue weighted by atomic mass is 32.2. The average molecular weight is 295 g/mol. The van der Waals surface area contributed by atoms with Crippen molar-refractivity contribution in [1.29, 1.82) is 0 Å². The number of nitrogens with zero attached hydrogens (tertiary/aromatic N) is 2. The van der Waals surface area contributed by atoms with Crippen molar-refractivity contribution in [2.75, 3.05) is 17.6 Å². The maximum absolute atomic E-state index is 4.72. The fourth-order valence-corrected chi connectivity index (χ4v) is 2.72. The average Bonchev–Trinajstić information content (AvgIpc) is 2.34. The first-order chi connectivity index (χ1) is 9.32. The Balaban J connectivity index is 2.86. The minimum atomic E-state index is -0.0166. The molecule has 0 fully saturated rings. The van der Waals surface area contributed by atoms with Crippen LogP contribution in [0.25, 0.3) is 0 Å². The SMILES string of the molecule is CCCNc1cc(SCCC(C)C)nc(C(C)(C)C)n1. The minimum absolute atomic E-state index is 0.0166. The van der Waals surface area contributed by atoms with Crippen molar-refractivity contribution in [2.45, 2.75) is 64.8 Å². The second kappa shape index (κ2) is 7.87. The fraction of sp³-hybridized carbons (Fsp3) is 0.750. The van der Waals surface area contributed by atoms with Gasteiger partial charge >= 0.3 is 0 Å². The summed E-state index contributed by atoms with van der Waals surface area (Å²) < 4.78 is 0. The molecule has 1 aromatic rings. The summed E-state index contributed by atoms with van der Waals surface area (Å²) >= 11 is 1.84. The maximum Gasteiger partial charge on any atom is 0.137 e. The van der Waals surface area contributed by atoms with E-state index in [1.807, 2.05) is 11.8 Å². The van der Waals surface area contributed by atoms with Crippen LogP contribution in [0.1, 0.15) is 60.2 Å². The minimum Gasteiger partial charge on any atom is -0.370 e. The Hall–Kier alpha value is -0.770. The summed E-state index contributed by atoms with van der Waals surface area (Å²) in [5, 5.41) is 4.47. The van der Waals surface area contributed by atoms with Gasteiger partial charge in [0.15, 0.2) is 0 Å². The van der Waals surface area contributed by atoms with Crippen LogP contribution in [0.4, 0.5) is 5.82 Å². The molecule has 0 radical (unpaired) electrons. The van der Waals surface area contributed by atoms with Crippen molar-refractivity contribution in [1.82, 2.24) is 9.97 Å². The molecule has 0 aliphatic carbocycles. The van der Waals surface area contributed by atoms with E-state index >= 15 is 0 Å². The molecule has 0 aromatic carbocycles. The molecule has 1 heterocycles. The van der Waals surface area contributed by atoms with Gasteiger partial charge in [-0.05, 0) is 24.5 Å². The van der Waals surface area contributed by atoms with Gasteiger partial charge in [-0.3, -0.25) is 0 Å². The number of rotatable bonds is 7. The summed E-state index contributed by atoms with van der Waals surface area (Å²) in [6.45, 7) is 14.1. The van der Waals surface area contributed by atoms with E-state index < -0.39 is 0 Å². The van der Waals surface area contributed by atoms with E-state index in [9.17, 15) is 0 Å². The zero-order valence-electron chi connectivity index (χ0n) is 13.8. The monoisotopic (exact) mass is 295 g/mol. The quantitative estimate of drug-likeness (QED) is 0.582. The molecule has 1 rings (SSSR count). The van der Waals surface area contributed by atoms with E-state index in [4.69, 9.17) is 4.98 Å². The first-order valence-electron chi connectivity index (χ1n) is 7.59. The maximum atomic E-state index is 4.72. The highest BCUT2D eigenvalue weighted by molar-refractivity contribution is 7.99. The number of thioether (sulfide) groups is 1. The van der Waals surface area contributed by atoms with Crippen molar-refractivity contribution in [2.24, 2.45) is 5.92 Å². The molecule has 20 heavy (non-hydrogen) atoms. The number of aromatic nitrogens is 2. The third-order valence-electron chi connectivity index (χ3n) is 2.87. The van der Waals surface area contributed by atoms with Crippen LogP contribution >= 0.6 is 11.8 Å². The Bertz CT molecular complexity index is 411. The molecule has 0 saturated heterocycles. The Morgan fingerprint density at radius 2 is 1.95 bits per heavy atom. The van der Waals surface area contributed by atoms with Gasteiger partial charge < -0.3 is 5.32 Å². The lowest BCUT2D eigenvalue weighted by molar-refractivity contribution is 0.539. The molecular formula is C16H29N3S. The highest BCUT2D eigenvalue weighted by Crippen LogP contribution is 2.26. The second-order valence-corrected chi connectivity index (χ2v) is 7.74. The van der Waals surface area contributed by atoms with Gasteiger partial charge in [-0.2, -0.15) is 0 Å². The Labute approximate surface area is 128 Å². The lowest BCUT2D eigenvalue weighted by Crippen LogP contribution is -2.18. The summed E-state index contributed by atoms with van der Waals surface area (Å²) in [6.07, 6.45) is 2.32. The number of anilines is 1. The molecule has 114 valence electrons. The van der Waals surface area contributed by atoms with Crippen molar-refractivity contribution < 1.29 is 0 Å². The van der Waals surface area contributed by atoms with Crippen molar-refractivity contribution >= 4 is 17.6 Å². The predicted molar refractivity (Wildman–Crippen MR) is 89.7 cm³/mol. The number of hydrogen-bond acceptors (Lipinski definition) is 4. The Morgan fingerprint density at radius 1 is 1.25 bits per heavy atom. The zero-order valence-corrected chi connectivity index (χ0v) is 14.6. The van der Waals surface area contributed by atoms with Crippen LogP contribution < -0.4 is 5.32 Å². The third kappa shape index (κ3) is 6.12. The molecular weight excluding hydrogens is 266 g/mol. The van der Waals surface area contributed by atoms with E-state index in [0.717, 1.165) is 41.3 Å². The lowest BCUT2D eigenvalue weighted by Gasteiger charge is -2.19. The summed E-state index contributed by atoms with van der Waals surface area (Å²) in [7, 11) is 0. The summed E-state index contributed by atoms with van der Waals surface area (Å²) in [5.74, 6) is 3.74. The second-order valence-electron chi connectivity index (χ2n) is 6.62. The smallest absolute Gasteiger partial charge is 0.137 e. The molecule has 0 atom stereocenters. The zero-order chi connectivity index (χ0) is 15.2. The molecule has 0 aliphatic rings. The van der Waals surface area contributed by atoms with E-state index in [1.54, 1.807) is 0 Å². The van der Waals surface area contributed by atoms with Gasteiger partial charge in [0.2, 0.25) is 0 Å². The first kappa shape index (κ1) is 17.3. The summed E-state index contributed by atoms with van der Waals surface area (Å²) in [6, 6.07) is 2.08. The van der Waals surface area contributed by atoms with Crippen molar-refractivity contribution in [3.05, 3.63) is 11.9 Å². The van der Waals surface area contributed by atoms with Crippen LogP contribution in [0, 0.1) is 5.92 Å². The first-order valence-corrected chi connectivity index (χ1v) is 8.57. The van der Waals surface area contributed by atoms with Crippen LogP contribution in [-0.4, -0.2) is 22.3 Å². The molecule has 0 aliphatic heterocycles. The van der Waals surface area contributed by atoms with Gasteiger partial charge in [0.1, 0.15) is 16.7 Å². The van der Waals surface area contributed by atoms with Gasteiger partial charge in [0, 0.05) is 18.0 Å². The molecule has 1 N–H and O–H groups in total. The van der Waals surface area contributed by atoms with Gasteiger partial charge in [-0.25, -0.2) is 9.97 Å². The normalized spacial score (nSPS) is 11.9. The van der Waals surface area contributed by atoms with Gasteiger partial charge in [0.05, 0.1) is 0 Å². The van der Waals surface area contributed by atoms with Gasteiger partial charge in [-0.1, -0.05) is 41.5 Å². The standard InChI is InChI=1S/C16H29N3S/c1-7-9-17-13-11-14(20-10-8-12(2)3)19-15(18-13)16(4,5)6/h11-12H,7-10H2,1-6H3,(H,17,18,19). The summed E-state index contributed by atoms with van der Waals surface area (Å²) in [4.78, 5) is 9.37. The molecule has 1 aromatic heterocycles. The van der Waals surface area contributed by atoms with Crippen LogP contribution in [0.15, 0.2) is 11.1 Å². The molecule has 4 heteroatoms. The largest absolute Gasteiger partial charge is 0.370 e. The molecule has 0 saturated carbocycles. The molecule has 0 bridgehead atoms. The lowest BCUT2D eigenvalue weighted by atomic mass is 9.96. The highest BCUT2D eigenvalue weighted by Gasteiger charge is 2.19. The summed E-state index contributed by atoms with van der Waals surface area (Å²) in [5.41, 5.74) is -0.0166. The van der Waals surface area contributed by atoms with Gasteiger partial charge in [-0.15, -0.1) is 11.8 Å². The number of nitrogens with one attached hydrogen (secondary N) is 1. The van der Waals surface area contributed by atoms with Crippen LogP contribution in [0.3, 0.4) is 0 Å². The van der Waals surface area contributed by atoms with Crippen LogP contribution in [0.2, 0.25) is 0 Å². The third-order valence-corrected chi connectivity index (χ3v) is 3.82. The van der Waals surface area contributed by atoms with Crippen LogP contribution in [0.5, 0.6) is 0 Å². The Morgan fingerprint density at radius 3 is 2.50 bits per heavy atom. The molecule has 0 amide bonds. The molecule has 0 spiro atoms. The van der Waals surface area contributed by atoms with Gasteiger partial charge in [0.25, 0.3) is 0 Å². The topological polar surface area (TPSA) is 37.8 Å². The Kier molecular flexibility index (Phi) is 6.80. The van der Waals surface area contributed by atoms with E-state index in [1.165, 1.54) is 6.42 Å². The molecule has 0 unspecified atom stereocenters. The van der Waals surface area contributed by atoms with Crippen molar-refractivity contribution in [3.63, 3.8) is 0 Å². The number of hydrogen-bond donors (Lipinski definition) is 1. The van der Waals surface area contributed by atoms with E-state index in [2.05, 4.69) is 57.9 Å². The van der Waals surface area contributed by atoms with E-state index in [0.29, 0.717) is 0 Å².